The molecule has 1 aromatic heterocycles. The Labute approximate surface area is 143 Å². The van der Waals surface area contributed by atoms with Crippen LogP contribution in [0.15, 0.2) is 16.7 Å². The molecule has 2 aromatic rings. The molecule has 1 aromatic carbocycles. The maximum absolute atomic E-state index is 12.0. The molecule has 2 rings (SSSR count). The molecule has 1 amide bonds. The van der Waals surface area contributed by atoms with Crippen LogP contribution in [0.3, 0.4) is 0 Å². The van der Waals surface area contributed by atoms with Crippen molar-refractivity contribution in [1.29, 1.82) is 0 Å². The fourth-order valence-electron chi connectivity index (χ4n) is 2.22. The number of carbonyl (C=O) groups excluding carboxylic acids is 2. The zero-order valence-electron chi connectivity index (χ0n) is 14.2. The number of nitro benzene ring substituents is 1. The van der Waals surface area contributed by atoms with Crippen molar-refractivity contribution < 1.29 is 23.8 Å². The fourth-order valence-corrected chi connectivity index (χ4v) is 2.22. The summed E-state index contributed by atoms with van der Waals surface area (Å²) in [5, 5.41) is 17.1. The quantitative estimate of drug-likeness (QED) is 0.500. The number of ether oxygens (including phenoxy) is 1. The van der Waals surface area contributed by atoms with E-state index in [-0.39, 0.29) is 22.7 Å². The van der Waals surface area contributed by atoms with Crippen LogP contribution in [-0.2, 0) is 9.53 Å². The van der Waals surface area contributed by atoms with E-state index in [1.807, 2.05) is 0 Å². The topological polar surface area (TPSA) is 125 Å². The van der Waals surface area contributed by atoms with E-state index in [1.165, 1.54) is 12.1 Å². The van der Waals surface area contributed by atoms with Gasteiger partial charge < -0.3 is 14.6 Å². The first-order chi connectivity index (χ1) is 11.7. The van der Waals surface area contributed by atoms with E-state index in [0.717, 1.165) is 11.1 Å². The monoisotopic (exact) mass is 347 g/mol. The molecule has 1 N–H and O–H groups in total. The highest BCUT2D eigenvalue weighted by Gasteiger charge is 2.21. The SMILES string of the molecule is Cc1cc(NC(=O)COC(=O)c2c(C)noc2C)c([N+](=O)[O-])cc1C. The summed E-state index contributed by atoms with van der Waals surface area (Å²) >= 11 is 0. The van der Waals surface area contributed by atoms with Gasteiger partial charge in [0.25, 0.3) is 11.6 Å². The standard InChI is InChI=1S/C16H17N3O6/c1-8-5-12(13(19(22)23)6-9(8)2)17-14(20)7-24-16(21)15-10(3)18-25-11(15)4/h5-6H,7H2,1-4H3,(H,17,20). The number of hydrogen-bond donors (Lipinski definition) is 1. The number of esters is 1. The molecule has 0 bridgehead atoms. The zero-order chi connectivity index (χ0) is 18.7. The minimum Gasteiger partial charge on any atom is -0.452 e. The van der Waals surface area contributed by atoms with Gasteiger partial charge in [0.1, 0.15) is 17.0 Å². The molecule has 0 aliphatic heterocycles. The second kappa shape index (κ2) is 7.12. The third kappa shape index (κ3) is 4.00. The van der Waals surface area contributed by atoms with E-state index in [0.29, 0.717) is 5.69 Å². The first-order valence-corrected chi connectivity index (χ1v) is 7.36. The van der Waals surface area contributed by atoms with E-state index in [9.17, 15) is 19.7 Å². The van der Waals surface area contributed by atoms with E-state index in [2.05, 4.69) is 10.5 Å². The van der Waals surface area contributed by atoms with Crippen molar-refractivity contribution in [3.63, 3.8) is 0 Å². The van der Waals surface area contributed by atoms with Crippen molar-refractivity contribution in [2.75, 3.05) is 11.9 Å². The maximum atomic E-state index is 12.0. The summed E-state index contributed by atoms with van der Waals surface area (Å²) in [6.07, 6.45) is 0. The normalized spacial score (nSPS) is 10.4. The van der Waals surface area contributed by atoms with Crippen molar-refractivity contribution in [3.8, 4) is 0 Å². The Morgan fingerprint density at radius 3 is 2.44 bits per heavy atom. The van der Waals surface area contributed by atoms with Gasteiger partial charge in [0.2, 0.25) is 0 Å². The molecule has 0 radical (unpaired) electrons. The molecule has 0 fully saturated rings. The Kier molecular flexibility index (Phi) is 5.16. The maximum Gasteiger partial charge on any atom is 0.344 e. The lowest BCUT2D eigenvalue weighted by molar-refractivity contribution is -0.384. The van der Waals surface area contributed by atoms with Crippen molar-refractivity contribution in [3.05, 3.63) is 50.4 Å². The van der Waals surface area contributed by atoms with E-state index in [4.69, 9.17) is 9.26 Å². The van der Waals surface area contributed by atoms with Gasteiger partial charge in [-0.15, -0.1) is 0 Å². The van der Waals surface area contributed by atoms with Crippen LogP contribution in [0.2, 0.25) is 0 Å². The number of carbonyl (C=O) groups is 2. The van der Waals surface area contributed by atoms with Crippen LogP contribution >= 0.6 is 0 Å². The van der Waals surface area contributed by atoms with Gasteiger partial charge in [0, 0.05) is 6.07 Å². The van der Waals surface area contributed by atoms with Crippen molar-refractivity contribution >= 4 is 23.3 Å². The second-order valence-corrected chi connectivity index (χ2v) is 5.53. The van der Waals surface area contributed by atoms with E-state index < -0.39 is 23.4 Å². The van der Waals surface area contributed by atoms with Crippen LogP contribution in [-0.4, -0.2) is 28.6 Å². The molecule has 0 saturated carbocycles. The number of benzene rings is 1. The molecule has 0 unspecified atom stereocenters. The number of rotatable bonds is 5. The lowest BCUT2D eigenvalue weighted by Crippen LogP contribution is -2.22. The van der Waals surface area contributed by atoms with Crippen LogP contribution in [0.5, 0.6) is 0 Å². The Bertz CT molecular complexity index is 836. The van der Waals surface area contributed by atoms with Gasteiger partial charge in [-0.1, -0.05) is 5.16 Å². The number of hydrogen-bond acceptors (Lipinski definition) is 7. The van der Waals surface area contributed by atoms with Crippen molar-refractivity contribution in [2.24, 2.45) is 0 Å². The Balaban J connectivity index is 2.07. The number of nitrogens with zero attached hydrogens (tertiary/aromatic N) is 2. The third-order valence-corrected chi connectivity index (χ3v) is 3.65. The number of aryl methyl sites for hydroxylation is 4. The number of nitro groups is 1. The first-order valence-electron chi connectivity index (χ1n) is 7.36. The summed E-state index contributed by atoms with van der Waals surface area (Å²) < 4.78 is 9.77. The Morgan fingerprint density at radius 1 is 1.24 bits per heavy atom. The molecular weight excluding hydrogens is 330 g/mol. The van der Waals surface area contributed by atoms with E-state index in [1.54, 1.807) is 27.7 Å². The summed E-state index contributed by atoms with van der Waals surface area (Å²) in [6.45, 7) is 6.04. The summed E-state index contributed by atoms with van der Waals surface area (Å²) in [5.41, 5.74) is 1.85. The predicted molar refractivity (Wildman–Crippen MR) is 87.5 cm³/mol. The van der Waals surface area contributed by atoms with Crippen LogP contribution in [0.25, 0.3) is 0 Å². The minimum absolute atomic E-state index is 0.0477. The minimum atomic E-state index is -0.749. The predicted octanol–water partition coefficient (Wildman–Crippen LogP) is 2.61. The number of amides is 1. The summed E-state index contributed by atoms with van der Waals surface area (Å²) in [6, 6.07) is 2.88. The van der Waals surface area contributed by atoms with Crippen LogP contribution < -0.4 is 5.32 Å². The number of aromatic nitrogens is 1. The van der Waals surface area contributed by atoms with Gasteiger partial charge in [0.05, 0.1) is 10.6 Å². The Hall–Kier alpha value is -3.23. The van der Waals surface area contributed by atoms with Crippen LogP contribution in [0.4, 0.5) is 11.4 Å². The smallest absolute Gasteiger partial charge is 0.344 e. The van der Waals surface area contributed by atoms with Gasteiger partial charge in [-0.25, -0.2) is 4.79 Å². The van der Waals surface area contributed by atoms with Gasteiger partial charge in [-0.05, 0) is 44.9 Å². The van der Waals surface area contributed by atoms with Crippen molar-refractivity contribution in [2.45, 2.75) is 27.7 Å². The molecule has 0 atom stereocenters. The van der Waals surface area contributed by atoms with Gasteiger partial charge in [-0.3, -0.25) is 14.9 Å². The van der Waals surface area contributed by atoms with Crippen LogP contribution in [0.1, 0.15) is 32.9 Å². The largest absolute Gasteiger partial charge is 0.452 e. The highest BCUT2D eigenvalue weighted by molar-refractivity contribution is 5.97. The second-order valence-electron chi connectivity index (χ2n) is 5.53. The molecule has 132 valence electrons. The lowest BCUT2D eigenvalue weighted by Gasteiger charge is -2.09. The third-order valence-electron chi connectivity index (χ3n) is 3.65. The number of anilines is 1. The van der Waals surface area contributed by atoms with Crippen molar-refractivity contribution in [1.82, 2.24) is 5.16 Å². The first kappa shape index (κ1) is 18.1. The molecule has 0 aliphatic carbocycles. The fraction of sp³-hybridized carbons (Fsp3) is 0.312. The molecule has 9 nitrogen and oxygen atoms in total. The highest BCUT2D eigenvalue weighted by Crippen LogP contribution is 2.27. The van der Waals surface area contributed by atoms with Gasteiger partial charge >= 0.3 is 5.97 Å². The Morgan fingerprint density at radius 2 is 1.88 bits per heavy atom. The molecule has 1 heterocycles. The molecular formula is C16H17N3O6. The lowest BCUT2D eigenvalue weighted by atomic mass is 10.1. The zero-order valence-corrected chi connectivity index (χ0v) is 14.2. The highest BCUT2D eigenvalue weighted by atomic mass is 16.6. The molecule has 25 heavy (non-hydrogen) atoms. The summed E-state index contributed by atoms with van der Waals surface area (Å²) in [4.78, 5) is 34.5. The van der Waals surface area contributed by atoms with Gasteiger partial charge in [-0.2, -0.15) is 0 Å². The van der Waals surface area contributed by atoms with Crippen LogP contribution in [0, 0.1) is 37.8 Å². The molecule has 0 spiro atoms. The van der Waals surface area contributed by atoms with E-state index >= 15 is 0 Å². The molecule has 0 aliphatic rings. The number of nitrogens with one attached hydrogen (secondary N) is 1. The molecule has 0 saturated heterocycles. The van der Waals surface area contributed by atoms with Gasteiger partial charge in [0.15, 0.2) is 6.61 Å². The molecule has 9 heteroatoms. The summed E-state index contributed by atoms with van der Waals surface area (Å²) in [7, 11) is 0. The average Bonchev–Trinajstić information content (AvgIpc) is 2.87. The summed E-state index contributed by atoms with van der Waals surface area (Å²) in [5.74, 6) is -1.15. The average molecular weight is 347 g/mol.